The van der Waals surface area contributed by atoms with E-state index in [1.165, 1.54) is 6.92 Å². The second-order valence-corrected chi connectivity index (χ2v) is 8.12. The largest absolute Gasteiger partial charge is 0.449 e. The molecule has 0 radical (unpaired) electrons. The number of rotatable bonds is 5. The molecule has 1 aliphatic heterocycles. The number of carbonyl (C=O) groups is 3. The zero-order valence-corrected chi connectivity index (χ0v) is 18.5. The molecule has 1 heterocycles. The Morgan fingerprint density at radius 2 is 1.42 bits per heavy atom. The van der Waals surface area contributed by atoms with Gasteiger partial charge >= 0.3 is 11.9 Å². The fourth-order valence-electron chi connectivity index (χ4n) is 4.02. The summed E-state index contributed by atoms with van der Waals surface area (Å²) in [5, 5.41) is 0. The van der Waals surface area contributed by atoms with Crippen molar-refractivity contribution in [2.45, 2.75) is 65.1 Å². The Morgan fingerprint density at radius 3 is 1.94 bits per heavy atom. The summed E-state index contributed by atoms with van der Waals surface area (Å²) in [5.74, 6) is -0.549. The second kappa shape index (κ2) is 9.77. The quantitative estimate of drug-likeness (QED) is 0.519. The average molecular weight is 424 g/mol. The molecule has 3 rings (SSSR count). The molecule has 0 bridgehead atoms. The number of benzene rings is 2. The smallest absolute Gasteiger partial charge is 0.338 e. The average Bonchev–Trinajstić information content (AvgIpc) is 2.73. The van der Waals surface area contributed by atoms with Gasteiger partial charge in [0.2, 0.25) is 0 Å². The summed E-state index contributed by atoms with van der Waals surface area (Å²) in [6.07, 6.45) is 2.23. The molecule has 3 atom stereocenters. The van der Waals surface area contributed by atoms with Crippen molar-refractivity contribution in [2.24, 2.45) is 0 Å². The highest BCUT2D eigenvalue weighted by Crippen LogP contribution is 2.25. The summed E-state index contributed by atoms with van der Waals surface area (Å²) >= 11 is 0. The van der Waals surface area contributed by atoms with Gasteiger partial charge in [-0.1, -0.05) is 24.3 Å². The van der Waals surface area contributed by atoms with Crippen molar-refractivity contribution in [3.63, 3.8) is 0 Å². The predicted octanol–water partition coefficient (Wildman–Crippen LogP) is 4.61. The van der Waals surface area contributed by atoms with Crippen LogP contribution >= 0.6 is 0 Å². The van der Waals surface area contributed by atoms with Crippen LogP contribution in [0.15, 0.2) is 48.5 Å². The maximum Gasteiger partial charge on any atom is 0.338 e. The van der Waals surface area contributed by atoms with Gasteiger partial charge in [-0.25, -0.2) is 4.79 Å². The minimum Gasteiger partial charge on any atom is -0.449 e. The van der Waals surface area contributed by atoms with Gasteiger partial charge in [0, 0.05) is 19.0 Å². The first kappa shape index (κ1) is 22.5. The van der Waals surface area contributed by atoms with Gasteiger partial charge in [0.05, 0.1) is 5.56 Å². The van der Waals surface area contributed by atoms with Gasteiger partial charge in [0.15, 0.2) is 6.10 Å². The molecule has 2 aromatic carbocycles. The SMILES string of the molecule is CC(=O)Oc1ccc(-c2ccc(C(=O)O[C@H](C)C(=O)N3[C@@H](C)CCC[C@@H]3C)cc2)cc1. The molecule has 2 aromatic rings. The van der Waals surface area contributed by atoms with Crippen molar-refractivity contribution in [1.82, 2.24) is 4.90 Å². The van der Waals surface area contributed by atoms with Crippen LogP contribution in [0.2, 0.25) is 0 Å². The second-order valence-electron chi connectivity index (χ2n) is 8.12. The van der Waals surface area contributed by atoms with Crippen LogP contribution in [0.5, 0.6) is 5.75 Å². The third-order valence-corrected chi connectivity index (χ3v) is 5.65. The molecule has 31 heavy (non-hydrogen) atoms. The maximum atomic E-state index is 12.8. The zero-order valence-electron chi connectivity index (χ0n) is 18.5. The monoisotopic (exact) mass is 423 g/mol. The molecule has 164 valence electrons. The molecule has 6 nitrogen and oxygen atoms in total. The standard InChI is InChI=1S/C25H29NO5/c1-16-6-5-7-17(2)26(16)24(28)18(3)30-25(29)22-10-8-20(9-11-22)21-12-14-23(15-13-21)31-19(4)27/h8-18H,5-7H2,1-4H3/t16-,17-,18+/m0/s1. The third kappa shape index (κ3) is 5.51. The topological polar surface area (TPSA) is 72.9 Å². The number of esters is 2. The summed E-state index contributed by atoms with van der Waals surface area (Å²) < 4.78 is 10.5. The number of hydrogen-bond donors (Lipinski definition) is 0. The van der Waals surface area contributed by atoms with Crippen molar-refractivity contribution < 1.29 is 23.9 Å². The van der Waals surface area contributed by atoms with Crippen LogP contribution in [0.25, 0.3) is 11.1 Å². The Kier molecular flexibility index (Phi) is 7.10. The van der Waals surface area contributed by atoms with E-state index < -0.39 is 12.1 Å². The lowest BCUT2D eigenvalue weighted by atomic mass is 9.97. The van der Waals surface area contributed by atoms with Crippen molar-refractivity contribution in [1.29, 1.82) is 0 Å². The van der Waals surface area contributed by atoms with Crippen LogP contribution in [0.1, 0.15) is 57.3 Å². The molecule has 0 saturated carbocycles. The van der Waals surface area contributed by atoms with Crippen molar-refractivity contribution >= 4 is 17.8 Å². The van der Waals surface area contributed by atoms with Crippen LogP contribution < -0.4 is 4.74 Å². The highest BCUT2D eigenvalue weighted by Gasteiger charge is 2.33. The Bertz CT molecular complexity index is 925. The Labute approximate surface area is 183 Å². The molecular weight excluding hydrogens is 394 g/mol. The van der Waals surface area contributed by atoms with E-state index in [9.17, 15) is 14.4 Å². The number of piperidine rings is 1. The minimum absolute atomic E-state index is 0.141. The summed E-state index contributed by atoms with van der Waals surface area (Å²) in [7, 11) is 0. The van der Waals surface area contributed by atoms with Crippen LogP contribution in [0.4, 0.5) is 0 Å². The van der Waals surface area contributed by atoms with Crippen LogP contribution in [0.3, 0.4) is 0 Å². The van der Waals surface area contributed by atoms with E-state index in [4.69, 9.17) is 9.47 Å². The van der Waals surface area contributed by atoms with Crippen molar-refractivity contribution in [3.05, 3.63) is 54.1 Å². The van der Waals surface area contributed by atoms with E-state index in [-0.39, 0.29) is 24.0 Å². The van der Waals surface area contributed by atoms with Gasteiger partial charge < -0.3 is 14.4 Å². The number of amides is 1. The normalized spacial score (nSPS) is 19.4. The van der Waals surface area contributed by atoms with Crippen LogP contribution in [0, 0.1) is 0 Å². The molecule has 0 aliphatic carbocycles. The highest BCUT2D eigenvalue weighted by atomic mass is 16.5. The lowest BCUT2D eigenvalue weighted by molar-refractivity contribution is -0.146. The van der Waals surface area contributed by atoms with Gasteiger partial charge in [0.25, 0.3) is 5.91 Å². The first-order chi connectivity index (χ1) is 14.8. The van der Waals surface area contributed by atoms with E-state index in [2.05, 4.69) is 0 Å². The summed E-state index contributed by atoms with van der Waals surface area (Å²) in [6.45, 7) is 7.07. The number of ether oxygens (including phenoxy) is 2. The molecule has 1 amide bonds. The lowest BCUT2D eigenvalue weighted by Crippen LogP contribution is -2.51. The van der Waals surface area contributed by atoms with E-state index in [1.54, 1.807) is 31.2 Å². The Morgan fingerprint density at radius 1 is 0.903 bits per heavy atom. The number of nitrogens with zero attached hydrogens (tertiary/aromatic N) is 1. The first-order valence-corrected chi connectivity index (χ1v) is 10.7. The van der Waals surface area contributed by atoms with E-state index >= 15 is 0 Å². The Balaban J connectivity index is 1.63. The third-order valence-electron chi connectivity index (χ3n) is 5.65. The molecule has 0 N–H and O–H groups in total. The summed E-state index contributed by atoms with van der Waals surface area (Å²) in [5.41, 5.74) is 2.22. The molecule has 0 spiro atoms. The molecular formula is C25H29NO5. The number of likely N-dealkylation sites (tertiary alicyclic amines) is 1. The van der Waals surface area contributed by atoms with E-state index in [1.807, 2.05) is 43.0 Å². The maximum absolute atomic E-state index is 12.8. The number of hydrogen-bond acceptors (Lipinski definition) is 5. The Hall–Kier alpha value is -3.15. The molecule has 1 saturated heterocycles. The first-order valence-electron chi connectivity index (χ1n) is 10.7. The molecule has 0 aromatic heterocycles. The minimum atomic E-state index is -0.830. The molecule has 1 fully saturated rings. The summed E-state index contributed by atoms with van der Waals surface area (Å²) in [6, 6.07) is 14.4. The van der Waals surface area contributed by atoms with Crippen molar-refractivity contribution in [2.75, 3.05) is 0 Å². The number of carbonyl (C=O) groups excluding carboxylic acids is 3. The van der Waals surface area contributed by atoms with E-state index in [0.717, 1.165) is 30.4 Å². The zero-order chi connectivity index (χ0) is 22.5. The molecule has 1 aliphatic rings. The highest BCUT2D eigenvalue weighted by molar-refractivity contribution is 5.92. The lowest BCUT2D eigenvalue weighted by Gasteiger charge is -2.40. The summed E-state index contributed by atoms with van der Waals surface area (Å²) in [4.78, 5) is 38.3. The van der Waals surface area contributed by atoms with E-state index in [0.29, 0.717) is 11.3 Å². The predicted molar refractivity (Wildman–Crippen MR) is 118 cm³/mol. The molecule has 6 heteroatoms. The molecule has 0 unspecified atom stereocenters. The van der Waals surface area contributed by atoms with Gasteiger partial charge in [0.1, 0.15) is 5.75 Å². The van der Waals surface area contributed by atoms with Crippen LogP contribution in [-0.4, -0.2) is 40.9 Å². The van der Waals surface area contributed by atoms with Gasteiger partial charge in [-0.3, -0.25) is 9.59 Å². The van der Waals surface area contributed by atoms with Crippen molar-refractivity contribution in [3.8, 4) is 16.9 Å². The van der Waals surface area contributed by atoms with Crippen LogP contribution in [-0.2, 0) is 14.3 Å². The fraction of sp³-hybridized carbons (Fsp3) is 0.400. The van der Waals surface area contributed by atoms with Gasteiger partial charge in [-0.05, 0) is 75.4 Å². The van der Waals surface area contributed by atoms with Gasteiger partial charge in [-0.15, -0.1) is 0 Å². The van der Waals surface area contributed by atoms with Gasteiger partial charge in [-0.2, -0.15) is 0 Å². The fourth-order valence-corrected chi connectivity index (χ4v) is 4.02.